The second-order valence-electron chi connectivity index (χ2n) is 4.09. The van der Waals surface area contributed by atoms with E-state index in [4.69, 9.17) is 11.6 Å². The van der Waals surface area contributed by atoms with Gasteiger partial charge >= 0.3 is 0 Å². The van der Waals surface area contributed by atoms with Crippen LogP contribution in [0, 0.1) is 0 Å². The number of benzene rings is 2. The van der Waals surface area contributed by atoms with Crippen LogP contribution >= 0.6 is 23.4 Å². The zero-order chi connectivity index (χ0) is 14.7. The lowest BCUT2D eigenvalue weighted by Crippen LogP contribution is -1.99. The lowest BCUT2D eigenvalue weighted by molar-refractivity contribution is 0.112. The van der Waals surface area contributed by atoms with Crippen molar-refractivity contribution < 1.29 is 4.79 Å². The minimum Gasteiger partial charge on any atom is -0.298 e. The normalized spacial score (nSPS) is 10.5. The molecule has 21 heavy (non-hydrogen) atoms. The molecular formula is C14H9ClN4OS. The zero-order valence-corrected chi connectivity index (χ0v) is 12.3. The molecule has 0 radical (unpaired) electrons. The first kappa shape index (κ1) is 13.8. The Bertz CT molecular complexity index is 776. The number of aldehydes is 1. The van der Waals surface area contributed by atoms with E-state index in [1.807, 2.05) is 30.3 Å². The number of halogens is 1. The van der Waals surface area contributed by atoms with Crippen molar-refractivity contribution in [1.29, 1.82) is 0 Å². The molecule has 2 aromatic carbocycles. The van der Waals surface area contributed by atoms with Gasteiger partial charge in [-0.25, -0.2) is 0 Å². The SMILES string of the molecule is O=Cc1cccc(Cl)c1Sc1nnnn1-c1ccccc1. The predicted molar refractivity (Wildman–Crippen MR) is 80.1 cm³/mol. The third-order valence-electron chi connectivity index (χ3n) is 2.76. The summed E-state index contributed by atoms with van der Waals surface area (Å²) in [7, 11) is 0. The molecule has 0 saturated carbocycles. The van der Waals surface area contributed by atoms with Crippen molar-refractivity contribution in [2.75, 3.05) is 0 Å². The minimum absolute atomic E-state index is 0.493. The minimum atomic E-state index is 0.493. The monoisotopic (exact) mass is 316 g/mol. The molecule has 0 unspecified atom stereocenters. The first-order valence-electron chi connectivity index (χ1n) is 6.05. The van der Waals surface area contributed by atoms with E-state index >= 15 is 0 Å². The second kappa shape index (κ2) is 6.07. The number of nitrogens with zero attached hydrogens (tertiary/aromatic N) is 4. The van der Waals surface area contributed by atoms with Crippen LogP contribution in [0.5, 0.6) is 0 Å². The number of carbonyl (C=O) groups is 1. The number of aromatic nitrogens is 4. The standard InChI is InChI=1S/C14H9ClN4OS/c15-12-8-4-5-10(9-20)13(12)21-14-16-17-18-19(14)11-6-2-1-3-7-11/h1-9H. The Morgan fingerprint density at radius 1 is 1.10 bits per heavy atom. The number of hydrogen-bond donors (Lipinski definition) is 0. The third kappa shape index (κ3) is 2.81. The fourth-order valence-corrected chi connectivity index (χ4v) is 2.98. The van der Waals surface area contributed by atoms with Gasteiger partial charge in [-0.1, -0.05) is 41.9 Å². The Morgan fingerprint density at radius 3 is 2.67 bits per heavy atom. The van der Waals surface area contributed by atoms with Gasteiger partial charge < -0.3 is 0 Å². The summed E-state index contributed by atoms with van der Waals surface area (Å²) in [5, 5.41) is 12.7. The van der Waals surface area contributed by atoms with E-state index < -0.39 is 0 Å². The van der Waals surface area contributed by atoms with Crippen LogP contribution in [0.25, 0.3) is 5.69 Å². The van der Waals surface area contributed by atoms with Crippen LogP contribution in [0.3, 0.4) is 0 Å². The van der Waals surface area contributed by atoms with E-state index in [2.05, 4.69) is 15.5 Å². The highest BCUT2D eigenvalue weighted by Crippen LogP contribution is 2.34. The Kier molecular flexibility index (Phi) is 3.98. The molecular weight excluding hydrogens is 308 g/mol. The van der Waals surface area contributed by atoms with Crippen LogP contribution in [0.1, 0.15) is 10.4 Å². The van der Waals surface area contributed by atoms with Crippen molar-refractivity contribution in [3.8, 4) is 5.69 Å². The van der Waals surface area contributed by atoms with Crippen LogP contribution < -0.4 is 0 Å². The van der Waals surface area contributed by atoms with Crippen molar-refractivity contribution in [3.63, 3.8) is 0 Å². The molecule has 3 rings (SSSR count). The summed E-state index contributed by atoms with van der Waals surface area (Å²) in [4.78, 5) is 11.8. The van der Waals surface area contributed by atoms with Crippen LogP contribution in [0.15, 0.2) is 58.6 Å². The highest BCUT2D eigenvalue weighted by Gasteiger charge is 2.14. The molecule has 0 aliphatic rings. The van der Waals surface area contributed by atoms with Gasteiger partial charge in [0.05, 0.1) is 10.7 Å². The Balaban J connectivity index is 2.01. The molecule has 0 amide bonds. The number of rotatable bonds is 4. The molecule has 0 saturated heterocycles. The summed E-state index contributed by atoms with van der Waals surface area (Å²) in [6.07, 6.45) is 0.769. The quantitative estimate of drug-likeness (QED) is 0.691. The van der Waals surface area contributed by atoms with Crippen molar-refractivity contribution in [3.05, 3.63) is 59.1 Å². The summed E-state index contributed by atoms with van der Waals surface area (Å²) >= 11 is 7.42. The smallest absolute Gasteiger partial charge is 0.218 e. The zero-order valence-electron chi connectivity index (χ0n) is 10.7. The first-order valence-corrected chi connectivity index (χ1v) is 7.24. The highest BCUT2D eigenvalue weighted by molar-refractivity contribution is 7.99. The molecule has 1 heterocycles. The number of para-hydroxylation sites is 1. The highest BCUT2D eigenvalue weighted by atomic mass is 35.5. The Hall–Kier alpha value is -2.18. The molecule has 0 aliphatic carbocycles. The molecule has 0 aliphatic heterocycles. The number of tetrazole rings is 1. The van der Waals surface area contributed by atoms with E-state index in [1.54, 1.807) is 22.9 Å². The molecule has 0 atom stereocenters. The maximum absolute atomic E-state index is 11.1. The maximum Gasteiger partial charge on any atom is 0.218 e. The summed E-state index contributed by atoms with van der Waals surface area (Å²) in [6, 6.07) is 14.7. The molecule has 7 heteroatoms. The van der Waals surface area contributed by atoms with Crippen molar-refractivity contribution in [1.82, 2.24) is 20.2 Å². The van der Waals surface area contributed by atoms with Gasteiger partial charge in [0.25, 0.3) is 0 Å². The van der Waals surface area contributed by atoms with E-state index in [-0.39, 0.29) is 0 Å². The molecule has 0 fully saturated rings. The molecule has 0 bridgehead atoms. The molecule has 104 valence electrons. The van der Waals surface area contributed by atoms with Gasteiger partial charge in [0.15, 0.2) is 6.29 Å². The van der Waals surface area contributed by atoms with Gasteiger partial charge in [0.1, 0.15) is 0 Å². The van der Waals surface area contributed by atoms with Crippen LogP contribution in [-0.4, -0.2) is 26.5 Å². The average Bonchev–Trinajstić information content (AvgIpc) is 2.98. The van der Waals surface area contributed by atoms with E-state index in [9.17, 15) is 4.79 Å². The summed E-state index contributed by atoms with van der Waals surface area (Å²) in [5.74, 6) is 0. The fraction of sp³-hybridized carbons (Fsp3) is 0. The molecule has 5 nitrogen and oxygen atoms in total. The van der Waals surface area contributed by atoms with Gasteiger partial charge in [-0.15, -0.1) is 5.10 Å². The third-order valence-corrected chi connectivity index (χ3v) is 4.28. The van der Waals surface area contributed by atoms with E-state index in [1.165, 1.54) is 11.8 Å². The molecule has 0 N–H and O–H groups in total. The van der Waals surface area contributed by atoms with Gasteiger partial charge in [-0.2, -0.15) is 4.68 Å². The summed E-state index contributed by atoms with van der Waals surface area (Å²) < 4.78 is 1.60. The van der Waals surface area contributed by atoms with Gasteiger partial charge in [-0.05, 0) is 40.4 Å². The molecule has 3 aromatic rings. The number of carbonyl (C=O) groups excluding carboxylic acids is 1. The van der Waals surface area contributed by atoms with Gasteiger partial charge in [0, 0.05) is 10.5 Å². The summed E-state index contributed by atoms with van der Waals surface area (Å²) in [6.45, 7) is 0. The Morgan fingerprint density at radius 2 is 1.90 bits per heavy atom. The van der Waals surface area contributed by atoms with Crippen LogP contribution in [0.2, 0.25) is 5.02 Å². The topological polar surface area (TPSA) is 60.7 Å². The Labute approximate surface area is 129 Å². The average molecular weight is 317 g/mol. The summed E-state index contributed by atoms with van der Waals surface area (Å²) in [5.41, 5.74) is 1.35. The van der Waals surface area contributed by atoms with Crippen molar-refractivity contribution >= 4 is 29.6 Å². The maximum atomic E-state index is 11.1. The first-order chi connectivity index (χ1) is 10.3. The second-order valence-corrected chi connectivity index (χ2v) is 5.47. The number of hydrogen-bond acceptors (Lipinski definition) is 5. The molecule has 1 aromatic heterocycles. The van der Waals surface area contributed by atoms with E-state index in [0.717, 1.165) is 12.0 Å². The van der Waals surface area contributed by atoms with E-state index in [0.29, 0.717) is 20.6 Å². The van der Waals surface area contributed by atoms with Gasteiger partial charge in [-0.3, -0.25) is 4.79 Å². The lowest BCUT2D eigenvalue weighted by Gasteiger charge is -2.07. The van der Waals surface area contributed by atoms with Crippen LogP contribution in [0.4, 0.5) is 0 Å². The molecule has 0 spiro atoms. The lowest BCUT2D eigenvalue weighted by atomic mass is 10.2. The van der Waals surface area contributed by atoms with Crippen LogP contribution in [-0.2, 0) is 0 Å². The fourth-order valence-electron chi connectivity index (χ4n) is 1.79. The van der Waals surface area contributed by atoms with Crippen molar-refractivity contribution in [2.45, 2.75) is 10.1 Å². The van der Waals surface area contributed by atoms with Crippen molar-refractivity contribution in [2.24, 2.45) is 0 Å². The largest absolute Gasteiger partial charge is 0.298 e. The van der Waals surface area contributed by atoms with Gasteiger partial charge in [0.2, 0.25) is 5.16 Å². The predicted octanol–water partition coefficient (Wildman–Crippen LogP) is 3.28.